The van der Waals surface area contributed by atoms with E-state index >= 15 is 0 Å². The van der Waals surface area contributed by atoms with E-state index in [1.807, 2.05) is 14.0 Å². The molecule has 5 heteroatoms. The monoisotopic (exact) mass is 208 g/mol. The van der Waals surface area contributed by atoms with Crippen LogP contribution in [-0.2, 0) is 21.4 Å². The van der Waals surface area contributed by atoms with E-state index in [1.54, 1.807) is 10.9 Å². The molecule has 80 valence electrons. The van der Waals surface area contributed by atoms with Crippen molar-refractivity contribution in [3.05, 3.63) is 17.5 Å². The molecule has 1 aliphatic heterocycles. The molecule has 0 bridgehead atoms. The normalized spacial score (nSPS) is 18.0. The summed E-state index contributed by atoms with van der Waals surface area (Å²) in [5.74, 6) is -0.986. The second kappa shape index (κ2) is 3.49. The molecular formula is C10H12N2O3. The molecule has 0 amide bonds. The Labute approximate surface area is 87.0 Å². The van der Waals surface area contributed by atoms with Gasteiger partial charge in [-0.15, -0.1) is 0 Å². The van der Waals surface area contributed by atoms with Gasteiger partial charge in [0.15, 0.2) is 0 Å². The van der Waals surface area contributed by atoms with Crippen LogP contribution in [0.3, 0.4) is 0 Å². The fraction of sp³-hybridized carbons (Fsp3) is 0.500. The highest BCUT2D eigenvalue weighted by molar-refractivity contribution is 5.89. The lowest BCUT2D eigenvalue weighted by molar-refractivity contribution is -0.164. The van der Waals surface area contributed by atoms with Crippen LogP contribution >= 0.6 is 0 Å². The number of hydrogen-bond donors (Lipinski definition) is 0. The van der Waals surface area contributed by atoms with Gasteiger partial charge in [-0.05, 0) is 12.5 Å². The van der Waals surface area contributed by atoms with Gasteiger partial charge in [0.25, 0.3) is 0 Å². The average molecular weight is 208 g/mol. The first-order chi connectivity index (χ1) is 7.08. The summed E-state index contributed by atoms with van der Waals surface area (Å²) in [6, 6.07) is 0. The molecule has 2 rings (SSSR count). The molecule has 0 aliphatic carbocycles. The van der Waals surface area contributed by atoms with Crippen molar-refractivity contribution in [3.8, 4) is 0 Å². The topological polar surface area (TPSA) is 61.2 Å². The van der Waals surface area contributed by atoms with Gasteiger partial charge < -0.3 is 4.74 Å². The minimum absolute atomic E-state index is 0.0914. The Bertz CT molecular complexity index is 387. The average Bonchev–Trinajstić information content (AvgIpc) is 2.44. The number of carbonyl (C=O) groups is 2. The highest BCUT2D eigenvalue weighted by Gasteiger charge is 2.30. The summed E-state index contributed by atoms with van der Waals surface area (Å²) in [6.07, 6.45) is 2.25. The van der Waals surface area contributed by atoms with Crippen LogP contribution in [0, 0.1) is 6.92 Å². The van der Waals surface area contributed by atoms with E-state index in [-0.39, 0.29) is 18.8 Å². The van der Waals surface area contributed by atoms with Gasteiger partial charge in [-0.3, -0.25) is 14.3 Å². The maximum absolute atomic E-state index is 11.1. The largest absolute Gasteiger partial charge is 0.393 e. The molecule has 0 aromatic carbocycles. The van der Waals surface area contributed by atoms with Gasteiger partial charge in [-0.2, -0.15) is 5.10 Å². The summed E-state index contributed by atoms with van der Waals surface area (Å²) in [5, 5.41) is 4.09. The summed E-state index contributed by atoms with van der Waals surface area (Å²) < 4.78 is 6.20. The summed E-state index contributed by atoms with van der Waals surface area (Å²) in [5.41, 5.74) is 1.95. The van der Waals surface area contributed by atoms with Gasteiger partial charge in [0.2, 0.25) is 0 Å². The fourth-order valence-corrected chi connectivity index (χ4v) is 2.02. The third-order valence-corrected chi connectivity index (χ3v) is 2.62. The Balaban J connectivity index is 2.31. The van der Waals surface area contributed by atoms with Crippen LogP contribution in [0.4, 0.5) is 0 Å². The third-order valence-electron chi connectivity index (χ3n) is 2.62. The van der Waals surface area contributed by atoms with E-state index < -0.39 is 11.9 Å². The number of nitrogens with zero attached hydrogens (tertiary/aromatic N) is 2. The number of aryl methyl sites for hydroxylation is 2. The summed E-state index contributed by atoms with van der Waals surface area (Å²) >= 11 is 0. The van der Waals surface area contributed by atoms with Crippen molar-refractivity contribution >= 4 is 11.9 Å². The molecule has 0 saturated carbocycles. The maximum Gasteiger partial charge on any atom is 0.314 e. The van der Waals surface area contributed by atoms with Gasteiger partial charge in [-0.25, -0.2) is 0 Å². The first-order valence-electron chi connectivity index (χ1n) is 4.80. The molecule has 0 radical (unpaired) electrons. The number of rotatable bonds is 1. The van der Waals surface area contributed by atoms with Crippen LogP contribution in [0.2, 0.25) is 0 Å². The molecule has 1 aliphatic rings. The molecule has 5 nitrogen and oxygen atoms in total. The van der Waals surface area contributed by atoms with Gasteiger partial charge in [0.1, 0.15) is 0 Å². The number of cyclic esters (lactones) is 2. The number of aromatic nitrogens is 2. The lowest BCUT2D eigenvalue weighted by Gasteiger charge is -2.20. The molecule has 2 heterocycles. The minimum Gasteiger partial charge on any atom is -0.393 e. The van der Waals surface area contributed by atoms with E-state index in [0.717, 1.165) is 11.3 Å². The Kier molecular flexibility index (Phi) is 2.30. The third kappa shape index (κ3) is 1.77. The fourth-order valence-electron chi connectivity index (χ4n) is 2.02. The van der Waals surface area contributed by atoms with Crippen molar-refractivity contribution in [2.75, 3.05) is 0 Å². The van der Waals surface area contributed by atoms with Crippen molar-refractivity contribution in [1.82, 2.24) is 9.78 Å². The first kappa shape index (κ1) is 9.89. The molecular weight excluding hydrogens is 196 g/mol. The second-order valence-electron chi connectivity index (χ2n) is 3.79. The Morgan fingerprint density at radius 2 is 2.00 bits per heavy atom. The van der Waals surface area contributed by atoms with E-state index in [4.69, 9.17) is 0 Å². The zero-order valence-electron chi connectivity index (χ0n) is 8.69. The first-order valence-corrected chi connectivity index (χ1v) is 4.80. The zero-order chi connectivity index (χ0) is 11.0. The Morgan fingerprint density at radius 1 is 1.40 bits per heavy atom. The smallest absolute Gasteiger partial charge is 0.314 e. The van der Waals surface area contributed by atoms with Gasteiger partial charge in [0, 0.05) is 18.7 Å². The standard InChI is InChI=1S/C10H12N2O3/c1-6-5-11-12(2)10(6)7-3-8(13)15-9(14)4-7/h5,7H,3-4H2,1-2H3. The van der Waals surface area contributed by atoms with E-state index in [2.05, 4.69) is 9.84 Å². The Hall–Kier alpha value is -1.65. The predicted octanol–water partition coefficient (Wildman–Crippen LogP) is 0.676. The van der Waals surface area contributed by atoms with E-state index in [1.165, 1.54) is 0 Å². The van der Waals surface area contributed by atoms with Gasteiger partial charge in [-0.1, -0.05) is 0 Å². The van der Waals surface area contributed by atoms with E-state index in [9.17, 15) is 9.59 Å². The summed E-state index contributed by atoms with van der Waals surface area (Å²) in [6.45, 7) is 1.92. The molecule has 0 spiro atoms. The maximum atomic E-state index is 11.1. The van der Waals surface area contributed by atoms with Crippen molar-refractivity contribution in [1.29, 1.82) is 0 Å². The zero-order valence-corrected chi connectivity index (χ0v) is 8.69. The molecule has 1 fully saturated rings. The van der Waals surface area contributed by atoms with Gasteiger partial charge in [0.05, 0.1) is 19.0 Å². The van der Waals surface area contributed by atoms with Crippen LogP contribution in [0.25, 0.3) is 0 Å². The Morgan fingerprint density at radius 3 is 2.47 bits per heavy atom. The number of esters is 2. The van der Waals surface area contributed by atoms with E-state index in [0.29, 0.717) is 0 Å². The summed E-state index contributed by atoms with van der Waals surface area (Å²) in [7, 11) is 1.81. The van der Waals surface area contributed by atoms with Crippen LogP contribution < -0.4 is 0 Å². The number of carbonyl (C=O) groups excluding carboxylic acids is 2. The molecule has 1 aromatic rings. The van der Waals surface area contributed by atoms with Crippen LogP contribution in [0.1, 0.15) is 30.0 Å². The number of ether oxygens (including phenoxy) is 1. The minimum atomic E-state index is -0.447. The molecule has 0 unspecified atom stereocenters. The lowest BCUT2D eigenvalue weighted by atomic mass is 9.93. The predicted molar refractivity (Wildman–Crippen MR) is 51.0 cm³/mol. The molecule has 1 saturated heterocycles. The second-order valence-corrected chi connectivity index (χ2v) is 3.79. The molecule has 0 N–H and O–H groups in total. The SMILES string of the molecule is Cc1cnn(C)c1C1CC(=O)OC(=O)C1. The molecule has 15 heavy (non-hydrogen) atoms. The van der Waals surface area contributed by atoms with Crippen LogP contribution in [0.5, 0.6) is 0 Å². The number of hydrogen-bond acceptors (Lipinski definition) is 4. The lowest BCUT2D eigenvalue weighted by Crippen LogP contribution is -2.25. The highest BCUT2D eigenvalue weighted by Crippen LogP contribution is 2.29. The van der Waals surface area contributed by atoms with Crippen molar-refractivity contribution in [3.63, 3.8) is 0 Å². The van der Waals surface area contributed by atoms with Crippen LogP contribution in [-0.4, -0.2) is 21.7 Å². The van der Waals surface area contributed by atoms with Crippen LogP contribution in [0.15, 0.2) is 6.20 Å². The van der Waals surface area contributed by atoms with Crippen molar-refractivity contribution in [2.24, 2.45) is 7.05 Å². The quantitative estimate of drug-likeness (QED) is 0.503. The van der Waals surface area contributed by atoms with Crippen molar-refractivity contribution in [2.45, 2.75) is 25.7 Å². The van der Waals surface area contributed by atoms with Crippen molar-refractivity contribution < 1.29 is 14.3 Å². The molecule has 1 aromatic heterocycles. The highest BCUT2D eigenvalue weighted by atomic mass is 16.6. The van der Waals surface area contributed by atoms with Gasteiger partial charge >= 0.3 is 11.9 Å². The molecule has 0 atom stereocenters. The summed E-state index contributed by atoms with van der Waals surface area (Å²) in [4.78, 5) is 22.3.